The summed E-state index contributed by atoms with van der Waals surface area (Å²) in [4.78, 5) is 0. The van der Waals surface area contributed by atoms with Crippen molar-refractivity contribution in [3.63, 3.8) is 0 Å². The molecule has 0 amide bonds. The van der Waals surface area contributed by atoms with Crippen LogP contribution in [0.5, 0.6) is 28.7 Å². The molecule has 1 aliphatic rings. The Balaban J connectivity index is 1.23. The van der Waals surface area contributed by atoms with E-state index in [4.69, 9.17) is 29.4 Å². The van der Waals surface area contributed by atoms with Gasteiger partial charge in [0.25, 0.3) is 0 Å². The predicted molar refractivity (Wildman–Crippen MR) is 196 cm³/mol. The number of ether oxygens (including phenoxy) is 5. The Bertz CT molecular complexity index is 1920. The first-order chi connectivity index (χ1) is 24.6. The molecule has 0 unspecified atom stereocenters. The van der Waals surface area contributed by atoms with E-state index in [-0.39, 0.29) is 6.04 Å². The summed E-state index contributed by atoms with van der Waals surface area (Å²) < 4.78 is 32.7. The quantitative estimate of drug-likeness (QED) is 0.133. The topological polar surface area (TPSA) is 72.2 Å². The molecule has 0 aliphatic carbocycles. The van der Waals surface area contributed by atoms with Crippen LogP contribution in [0.15, 0.2) is 146 Å². The highest BCUT2D eigenvalue weighted by molar-refractivity contribution is 5.56. The van der Waals surface area contributed by atoms with Crippen LogP contribution in [0.3, 0.4) is 0 Å². The second-order valence-corrected chi connectivity index (χ2v) is 12.6. The van der Waals surface area contributed by atoms with Gasteiger partial charge in [0.05, 0.1) is 6.04 Å². The van der Waals surface area contributed by atoms with Crippen LogP contribution in [-0.2, 0) is 32.8 Å². The van der Waals surface area contributed by atoms with Crippen molar-refractivity contribution in [2.45, 2.75) is 51.9 Å². The lowest BCUT2D eigenvalue weighted by Crippen LogP contribution is -2.37. The van der Waals surface area contributed by atoms with Crippen molar-refractivity contribution in [2.24, 2.45) is 5.73 Å². The summed E-state index contributed by atoms with van der Waals surface area (Å²) in [7, 11) is 0. The van der Waals surface area contributed by atoms with Crippen LogP contribution in [-0.4, -0.2) is 6.04 Å². The minimum Gasteiger partial charge on any atom is -0.488 e. The second-order valence-electron chi connectivity index (χ2n) is 12.6. The van der Waals surface area contributed by atoms with E-state index in [1.54, 1.807) is 0 Å². The molecule has 6 nitrogen and oxygen atoms in total. The van der Waals surface area contributed by atoms with Crippen LogP contribution in [0.1, 0.15) is 45.0 Å². The van der Waals surface area contributed by atoms with Crippen molar-refractivity contribution in [3.05, 3.63) is 185 Å². The average molecular weight is 664 g/mol. The van der Waals surface area contributed by atoms with Crippen molar-refractivity contribution in [1.29, 1.82) is 0 Å². The highest BCUT2D eigenvalue weighted by atomic mass is 16.5. The molecule has 50 heavy (non-hydrogen) atoms. The fourth-order valence-electron chi connectivity index (χ4n) is 6.12. The van der Waals surface area contributed by atoms with Crippen molar-refractivity contribution in [1.82, 2.24) is 0 Å². The number of nitrogens with two attached hydrogens (primary N) is 1. The SMILES string of the molecule is Cc1cc(OCc2ccccc2)c2c(c1)O[C@H](c1cc(OCc3ccccc3)c(OCc3ccccc3)c(OCc3ccccc3)c1)[C@H](N)C2. The molecule has 1 heterocycles. The minimum atomic E-state index is -0.465. The Labute approximate surface area is 294 Å². The molecule has 1 aliphatic heterocycles. The molecule has 0 saturated heterocycles. The summed E-state index contributed by atoms with van der Waals surface area (Å²) in [6.07, 6.45) is 0.115. The van der Waals surface area contributed by atoms with E-state index in [1.165, 1.54) is 0 Å². The molecule has 0 saturated carbocycles. The predicted octanol–water partition coefficient (Wildman–Crippen LogP) is 9.31. The molecule has 6 aromatic carbocycles. The van der Waals surface area contributed by atoms with Gasteiger partial charge in [-0.3, -0.25) is 0 Å². The number of aryl methyl sites for hydroxylation is 1. The van der Waals surface area contributed by atoms with Gasteiger partial charge in [0.1, 0.15) is 44.0 Å². The molecular weight excluding hydrogens is 622 g/mol. The molecule has 0 spiro atoms. The molecule has 0 aromatic heterocycles. The zero-order chi connectivity index (χ0) is 34.1. The number of benzene rings is 6. The van der Waals surface area contributed by atoms with Gasteiger partial charge in [0, 0.05) is 11.1 Å². The smallest absolute Gasteiger partial charge is 0.203 e. The van der Waals surface area contributed by atoms with Gasteiger partial charge in [-0.05, 0) is 65.4 Å². The first kappa shape index (κ1) is 32.8. The first-order valence-corrected chi connectivity index (χ1v) is 17.0. The summed E-state index contributed by atoms with van der Waals surface area (Å²) in [6.45, 7) is 3.57. The van der Waals surface area contributed by atoms with Crippen LogP contribution in [0, 0.1) is 6.92 Å². The molecule has 6 aromatic rings. The molecule has 0 radical (unpaired) electrons. The van der Waals surface area contributed by atoms with Crippen molar-refractivity contribution < 1.29 is 23.7 Å². The molecule has 252 valence electrons. The Morgan fingerprint density at radius 3 is 1.42 bits per heavy atom. The van der Waals surface area contributed by atoms with Gasteiger partial charge in [-0.2, -0.15) is 0 Å². The number of fused-ring (bicyclic) bond motifs is 1. The summed E-state index contributed by atoms with van der Waals surface area (Å²) in [6, 6.07) is 48.1. The molecule has 7 rings (SSSR count). The van der Waals surface area contributed by atoms with Crippen LogP contribution in [0.25, 0.3) is 0 Å². The largest absolute Gasteiger partial charge is 0.488 e. The van der Waals surface area contributed by atoms with E-state index in [9.17, 15) is 0 Å². The maximum atomic E-state index is 6.95. The van der Waals surface area contributed by atoms with Crippen LogP contribution in [0.2, 0.25) is 0 Å². The molecular formula is C44H41NO5. The first-order valence-electron chi connectivity index (χ1n) is 17.0. The fourth-order valence-corrected chi connectivity index (χ4v) is 6.12. The lowest BCUT2D eigenvalue weighted by molar-refractivity contribution is 0.148. The molecule has 0 bridgehead atoms. The van der Waals surface area contributed by atoms with Crippen LogP contribution < -0.4 is 29.4 Å². The lowest BCUT2D eigenvalue weighted by atomic mass is 9.91. The molecule has 0 fully saturated rings. The third-order valence-corrected chi connectivity index (χ3v) is 8.70. The average Bonchev–Trinajstić information content (AvgIpc) is 3.16. The normalized spacial score (nSPS) is 15.0. The van der Waals surface area contributed by atoms with E-state index >= 15 is 0 Å². The molecule has 6 heteroatoms. The Morgan fingerprint density at radius 1 is 0.540 bits per heavy atom. The minimum absolute atomic E-state index is 0.349. The van der Waals surface area contributed by atoms with Crippen molar-refractivity contribution >= 4 is 0 Å². The monoisotopic (exact) mass is 663 g/mol. The van der Waals surface area contributed by atoms with E-state index in [2.05, 4.69) is 24.3 Å². The molecule has 2 N–H and O–H groups in total. The summed E-state index contributed by atoms with van der Waals surface area (Å²) in [5.74, 6) is 3.21. The zero-order valence-electron chi connectivity index (χ0n) is 28.2. The summed E-state index contributed by atoms with van der Waals surface area (Å²) >= 11 is 0. The van der Waals surface area contributed by atoms with Crippen LogP contribution >= 0.6 is 0 Å². The molecule has 2 atom stereocenters. The third kappa shape index (κ3) is 8.11. The Kier molecular flexibility index (Phi) is 10.3. The van der Waals surface area contributed by atoms with E-state index in [0.717, 1.165) is 50.4 Å². The maximum absolute atomic E-state index is 6.95. The van der Waals surface area contributed by atoms with Gasteiger partial charge >= 0.3 is 0 Å². The zero-order valence-corrected chi connectivity index (χ0v) is 28.2. The van der Waals surface area contributed by atoms with Gasteiger partial charge in [0.2, 0.25) is 5.75 Å². The van der Waals surface area contributed by atoms with E-state index < -0.39 is 6.10 Å². The van der Waals surface area contributed by atoms with Crippen molar-refractivity contribution in [2.75, 3.05) is 0 Å². The van der Waals surface area contributed by atoms with E-state index in [1.807, 2.05) is 128 Å². The number of rotatable bonds is 13. The fraction of sp³-hybridized carbons (Fsp3) is 0.182. The number of hydrogen-bond donors (Lipinski definition) is 1. The van der Waals surface area contributed by atoms with Gasteiger partial charge in [-0.15, -0.1) is 0 Å². The third-order valence-electron chi connectivity index (χ3n) is 8.70. The second kappa shape index (κ2) is 15.7. The summed E-state index contributed by atoms with van der Waals surface area (Å²) in [5.41, 5.74) is 14.0. The van der Waals surface area contributed by atoms with Crippen LogP contribution in [0.4, 0.5) is 0 Å². The Morgan fingerprint density at radius 2 is 0.960 bits per heavy atom. The highest BCUT2D eigenvalue weighted by Gasteiger charge is 2.33. The van der Waals surface area contributed by atoms with Gasteiger partial charge in [-0.1, -0.05) is 121 Å². The van der Waals surface area contributed by atoms with Gasteiger partial charge in [-0.25, -0.2) is 0 Å². The Hall–Kier alpha value is -5.72. The van der Waals surface area contributed by atoms with Gasteiger partial charge < -0.3 is 29.4 Å². The van der Waals surface area contributed by atoms with Gasteiger partial charge in [0.15, 0.2) is 11.5 Å². The lowest BCUT2D eigenvalue weighted by Gasteiger charge is -2.33. The van der Waals surface area contributed by atoms with E-state index in [0.29, 0.717) is 50.1 Å². The standard InChI is InChI=1S/C44H41NO5/c1-31-22-39(46-27-32-14-6-2-7-15-32)37-26-38(45)43(50-40(37)23-31)36-24-41(47-28-33-16-8-3-9-17-33)44(49-30-35-20-12-5-13-21-35)42(25-36)48-29-34-18-10-4-11-19-34/h2-25,38,43H,26-30,45H2,1H3/t38-,43-/m1/s1. The highest BCUT2D eigenvalue weighted by Crippen LogP contribution is 2.46. The summed E-state index contributed by atoms with van der Waals surface area (Å²) in [5, 5.41) is 0. The number of hydrogen-bond acceptors (Lipinski definition) is 6. The van der Waals surface area contributed by atoms with Crippen molar-refractivity contribution in [3.8, 4) is 28.7 Å². The maximum Gasteiger partial charge on any atom is 0.203 e.